The van der Waals surface area contributed by atoms with Crippen molar-refractivity contribution in [3.8, 4) is 5.75 Å². The molecule has 0 bridgehead atoms. The topological polar surface area (TPSA) is 58.1 Å². The molecule has 0 aliphatic carbocycles. The number of halogens is 4. The van der Waals surface area contributed by atoms with E-state index in [4.69, 9.17) is 16.3 Å². The smallest absolute Gasteiger partial charge is 0.387 e. The van der Waals surface area contributed by atoms with Gasteiger partial charge in [-0.1, -0.05) is 11.6 Å². The lowest BCUT2D eigenvalue weighted by Gasteiger charge is -2.25. The molecule has 0 spiro atoms. The minimum absolute atomic E-state index is 0. The fraction of sp³-hybridized carbons (Fsp3) is 0.611. The highest BCUT2D eigenvalue weighted by Crippen LogP contribution is 2.24. The van der Waals surface area contributed by atoms with Gasteiger partial charge in [-0.15, -0.1) is 24.0 Å². The van der Waals surface area contributed by atoms with Crippen LogP contribution in [0.2, 0.25) is 5.02 Å². The van der Waals surface area contributed by atoms with E-state index < -0.39 is 6.61 Å². The summed E-state index contributed by atoms with van der Waals surface area (Å²) in [5, 5.41) is 6.87. The molecule has 2 rings (SSSR count). The first-order chi connectivity index (χ1) is 13.0. The van der Waals surface area contributed by atoms with Crippen molar-refractivity contribution in [3.05, 3.63) is 28.8 Å². The zero-order valence-corrected chi connectivity index (χ0v) is 19.2. The molecule has 1 aromatic rings. The number of guanidine groups is 1. The van der Waals surface area contributed by atoms with Gasteiger partial charge in [-0.05, 0) is 37.6 Å². The molecule has 6 nitrogen and oxygen atoms in total. The Labute approximate surface area is 187 Å². The van der Waals surface area contributed by atoms with Gasteiger partial charge in [0.2, 0.25) is 0 Å². The van der Waals surface area contributed by atoms with E-state index in [1.165, 1.54) is 18.6 Å². The summed E-state index contributed by atoms with van der Waals surface area (Å²) in [6, 6.07) is 4.98. The molecule has 1 aromatic carbocycles. The summed E-state index contributed by atoms with van der Waals surface area (Å²) in [6.45, 7) is 0.817. The van der Waals surface area contributed by atoms with E-state index in [2.05, 4.69) is 25.3 Å². The fourth-order valence-corrected chi connectivity index (χ4v) is 3.34. The van der Waals surface area contributed by atoms with Gasteiger partial charge < -0.3 is 20.1 Å². The maximum atomic E-state index is 12.6. The Morgan fingerprint density at radius 3 is 2.86 bits per heavy atom. The molecule has 1 atom stereocenters. The van der Waals surface area contributed by atoms with E-state index in [0.29, 0.717) is 29.2 Å². The Morgan fingerprint density at radius 2 is 2.18 bits per heavy atom. The van der Waals surface area contributed by atoms with Gasteiger partial charge in [0, 0.05) is 50.4 Å². The van der Waals surface area contributed by atoms with Crippen molar-refractivity contribution >= 4 is 41.5 Å². The van der Waals surface area contributed by atoms with Crippen LogP contribution in [0, 0.1) is 0 Å². The molecule has 2 N–H and O–H groups in total. The Hall–Kier alpha value is -0.910. The molecule has 1 saturated heterocycles. The summed E-state index contributed by atoms with van der Waals surface area (Å²) in [5.74, 6) is 0.690. The number of ether oxygens (including phenoxy) is 2. The summed E-state index contributed by atoms with van der Waals surface area (Å²) < 4.78 is 34.8. The van der Waals surface area contributed by atoms with Crippen LogP contribution in [-0.4, -0.2) is 63.9 Å². The largest absolute Gasteiger partial charge is 0.434 e. The summed E-state index contributed by atoms with van der Waals surface area (Å²) in [6.07, 6.45) is 2.29. The third-order valence-corrected chi connectivity index (χ3v) is 4.73. The number of aliphatic imine (C=N–C) groups is 1. The van der Waals surface area contributed by atoms with Gasteiger partial charge in [0.1, 0.15) is 5.75 Å². The second kappa shape index (κ2) is 13.3. The molecule has 1 aliphatic heterocycles. The van der Waals surface area contributed by atoms with Gasteiger partial charge in [-0.25, -0.2) is 0 Å². The van der Waals surface area contributed by atoms with Crippen molar-refractivity contribution in [2.45, 2.75) is 32.0 Å². The normalized spacial score (nSPS) is 17.5. The van der Waals surface area contributed by atoms with Crippen LogP contribution < -0.4 is 15.4 Å². The number of hydrogen-bond acceptors (Lipinski definition) is 4. The maximum Gasteiger partial charge on any atom is 0.387 e. The van der Waals surface area contributed by atoms with E-state index in [0.717, 1.165) is 26.1 Å². The molecule has 0 radical (unpaired) electrons. The van der Waals surface area contributed by atoms with Crippen LogP contribution in [0.4, 0.5) is 8.78 Å². The lowest BCUT2D eigenvalue weighted by atomic mass is 10.2. The molecule has 0 aromatic heterocycles. The van der Waals surface area contributed by atoms with E-state index in [1.54, 1.807) is 20.2 Å². The van der Waals surface area contributed by atoms with Gasteiger partial charge in [0.15, 0.2) is 5.96 Å². The summed E-state index contributed by atoms with van der Waals surface area (Å²) in [4.78, 5) is 6.59. The minimum atomic E-state index is -2.89. The first-order valence-electron chi connectivity index (χ1n) is 8.94. The van der Waals surface area contributed by atoms with E-state index >= 15 is 0 Å². The van der Waals surface area contributed by atoms with Gasteiger partial charge in [-0.2, -0.15) is 8.78 Å². The van der Waals surface area contributed by atoms with E-state index in [-0.39, 0.29) is 36.3 Å². The molecule has 1 aliphatic rings. The monoisotopic (exact) mass is 532 g/mol. The van der Waals surface area contributed by atoms with Crippen molar-refractivity contribution < 1.29 is 18.3 Å². The number of likely N-dealkylation sites (tertiary alicyclic amines) is 1. The highest BCUT2D eigenvalue weighted by molar-refractivity contribution is 14.0. The standard InChI is InChI=1S/C18H27ClF2N4O2.HI/c1-22-18(24-12-15-4-3-7-25(15)8-9-26-2)23-11-13-10-14(19)5-6-16(13)27-17(20)21;/h5-6,10,15,17H,3-4,7-9,11-12H2,1-2H3,(H2,22,23,24);1H. The zero-order valence-electron chi connectivity index (χ0n) is 16.1. The number of benzene rings is 1. The summed E-state index contributed by atoms with van der Waals surface area (Å²) in [5.41, 5.74) is 0.535. The average Bonchev–Trinajstić information content (AvgIpc) is 3.09. The predicted molar refractivity (Wildman–Crippen MR) is 118 cm³/mol. The van der Waals surface area contributed by atoms with Crippen molar-refractivity contribution in [3.63, 3.8) is 0 Å². The Morgan fingerprint density at radius 1 is 1.39 bits per heavy atom. The molecule has 0 amide bonds. The van der Waals surface area contributed by atoms with Crippen LogP contribution >= 0.6 is 35.6 Å². The Kier molecular flexibility index (Phi) is 12.0. The van der Waals surface area contributed by atoms with Crippen LogP contribution in [-0.2, 0) is 11.3 Å². The van der Waals surface area contributed by atoms with Gasteiger partial charge >= 0.3 is 6.61 Å². The first-order valence-corrected chi connectivity index (χ1v) is 9.32. The Bertz CT molecular complexity index is 625. The van der Waals surface area contributed by atoms with Gasteiger partial charge in [0.25, 0.3) is 0 Å². The van der Waals surface area contributed by atoms with Crippen molar-refractivity contribution in [1.29, 1.82) is 0 Å². The Balaban J connectivity index is 0.00000392. The zero-order chi connectivity index (χ0) is 19.6. The van der Waals surface area contributed by atoms with Crippen LogP contribution in [0.3, 0.4) is 0 Å². The molecule has 10 heteroatoms. The third kappa shape index (κ3) is 8.22. The molecule has 1 unspecified atom stereocenters. The lowest BCUT2D eigenvalue weighted by Crippen LogP contribution is -2.45. The molecular weight excluding hydrogens is 505 g/mol. The van der Waals surface area contributed by atoms with Gasteiger partial charge in [0.05, 0.1) is 6.61 Å². The van der Waals surface area contributed by atoms with Crippen LogP contribution in [0.25, 0.3) is 0 Å². The highest BCUT2D eigenvalue weighted by Gasteiger charge is 2.24. The second-order valence-electron chi connectivity index (χ2n) is 6.26. The number of methoxy groups -OCH3 is 1. The van der Waals surface area contributed by atoms with Crippen molar-refractivity contribution in [2.24, 2.45) is 4.99 Å². The molecular formula is C18H28ClF2IN4O2. The SMILES string of the molecule is CN=C(NCc1cc(Cl)ccc1OC(F)F)NCC1CCCN1CCOC.I. The van der Waals surface area contributed by atoms with Crippen molar-refractivity contribution in [1.82, 2.24) is 15.5 Å². The highest BCUT2D eigenvalue weighted by atomic mass is 127. The minimum Gasteiger partial charge on any atom is -0.434 e. The predicted octanol–water partition coefficient (Wildman–Crippen LogP) is 3.34. The average molecular weight is 533 g/mol. The lowest BCUT2D eigenvalue weighted by molar-refractivity contribution is -0.0504. The molecule has 1 fully saturated rings. The fourth-order valence-electron chi connectivity index (χ4n) is 3.14. The second-order valence-corrected chi connectivity index (χ2v) is 6.70. The van der Waals surface area contributed by atoms with Crippen molar-refractivity contribution in [2.75, 3.05) is 40.4 Å². The number of hydrogen-bond donors (Lipinski definition) is 2. The molecule has 160 valence electrons. The number of alkyl halides is 2. The van der Waals surface area contributed by atoms with Crippen LogP contribution in [0.15, 0.2) is 23.2 Å². The van der Waals surface area contributed by atoms with E-state index in [9.17, 15) is 8.78 Å². The quantitative estimate of drug-likeness (QED) is 0.290. The molecule has 1 heterocycles. The number of rotatable bonds is 9. The number of nitrogens with zero attached hydrogens (tertiary/aromatic N) is 2. The summed E-state index contributed by atoms with van der Waals surface area (Å²) in [7, 11) is 3.37. The van der Waals surface area contributed by atoms with E-state index in [1.807, 2.05) is 0 Å². The first kappa shape index (κ1) is 25.1. The van der Waals surface area contributed by atoms with Gasteiger partial charge in [-0.3, -0.25) is 9.89 Å². The van der Waals surface area contributed by atoms with Crippen LogP contribution in [0.5, 0.6) is 5.75 Å². The number of nitrogens with one attached hydrogen (secondary N) is 2. The molecule has 0 saturated carbocycles. The third-order valence-electron chi connectivity index (χ3n) is 4.50. The maximum absolute atomic E-state index is 12.6. The molecule has 28 heavy (non-hydrogen) atoms. The van der Waals surface area contributed by atoms with Crippen LogP contribution in [0.1, 0.15) is 18.4 Å². The summed E-state index contributed by atoms with van der Waals surface area (Å²) >= 11 is 5.98.